The zero-order valence-electron chi connectivity index (χ0n) is 6.31. The number of hydrogen-bond donors (Lipinski definition) is 1. The van der Waals surface area contributed by atoms with Crippen LogP contribution in [0.25, 0.3) is 0 Å². The van der Waals surface area contributed by atoms with E-state index in [1.54, 1.807) is 0 Å². The molecule has 0 spiro atoms. The Balaban J connectivity index is 3.23. The SMILES string of the molecule is Cc1nc(N)c(C(F)F)cc1F. The summed E-state index contributed by atoms with van der Waals surface area (Å²) in [6.07, 6.45) is -2.78. The Kier molecular flexibility index (Phi) is 2.21. The molecule has 0 aliphatic carbocycles. The summed E-state index contributed by atoms with van der Waals surface area (Å²) >= 11 is 0. The maximum Gasteiger partial charge on any atom is 0.267 e. The van der Waals surface area contributed by atoms with Crippen LogP contribution < -0.4 is 5.73 Å². The largest absolute Gasteiger partial charge is 0.383 e. The van der Waals surface area contributed by atoms with E-state index in [9.17, 15) is 13.2 Å². The molecule has 0 saturated heterocycles. The van der Waals surface area contributed by atoms with Crippen molar-refractivity contribution in [2.75, 3.05) is 5.73 Å². The summed E-state index contributed by atoms with van der Waals surface area (Å²) in [5, 5.41) is 0. The third-order valence-corrected chi connectivity index (χ3v) is 1.45. The average Bonchev–Trinajstić information content (AvgIpc) is 1.96. The summed E-state index contributed by atoms with van der Waals surface area (Å²) in [4.78, 5) is 3.42. The molecule has 0 aromatic carbocycles. The van der Waals surface area contributed by atoms with Gasteiger partial charge < -0.3 is 5.73 Å². The van der Waals surface area contributed by atoms with Gasteiger partial charge >= 0.3 is 0 Å². The molecule has 1 aromatic rings. The van der Waals surface area contributed by atoms with Gasteiger partial charge in [-0.2, -0.15) is 0 Å². The van der Waals surface area contributed by atoms with Crippen LogP contribution in [0.3, 0.4) is 0 Å². The molecule has 12 heavy (non-hydrogen) atoms. The molecule has 0 aliphatic heterocycles. The zero-order valence-corrected chi connectivity index (χ0v) is 6.31. The number of nitrogens with zero attached hydrogens (tertiary/aromatic N) is 1. The highest BCUT2D eigenvalue weighted by Crippen LogP contribution is 2.24. The fourth-order valence-corrected chi connectivity index (χ4v) is 0.788. The van der Waals surface area contributed by atoms with Crippen LogP contribution in [0, 0.1) is 12.7 Å². The molecule has 1 rings (SSSR count). The van der Waals surface area contributed by atoms with Gasteiger partial charge in [-0.1, -0.05) is 0 Å². The lowest BCUT2D eigenvalue weighted by atomic mass is 10.2. The first-order valence-corrected chi connectivity index (χ1v) is 3.23. The van der Waals surface area contributed by atoms with Crippen molar-refractivity contribution in [2.45, 2.75) is 13.3 Å². The van der Waals surface area contributed by atoms with Gasteiger partial charge in [0, 0.05) is 0 Å². The van der Waals surface area contributed by atoms with E-state index >= 15 is 0 Å². The lowest BCUT2D eigenvalue weighted by Crippen LogP contribution is -2.01. The first-order chi connectivity index (χ1) is 5.52. The van der Waals surface area contributed by atoms with Crippen molar-refractivity contribution in [3.8, 4) is 0 Å². The molecule has 66 valence electrons. The Hall–Kier alpha value is -1.26. The predicted octanol–water partition coefficient (Wildman–Crippen LogP) is 2.05. The van der Waals surface area contributed by atoms with Gasteiger partial charge in [0.05, 0.1) is 11.3 Å². The van der Waals surface area contributed by atoms with Gasteiger partial charge in [0.15, 0.2) is 0 Å². The summed E-state index contributed by atoms with van der Waals surface area (Å²) < 4.78 is 36.8. The molecule has 1 heterocycles. The number of alkyl halides is 2. The quantitative estimate of drug-likeness (QED) is 0.711. The maximum atomic E-state index is 12.7. The highest BCUT2D eigenvalue weighted by atomic mass is 19.3. The number of pyridine rings is 1. The normalized spacial score (nSPS) is 10.8. The molecular weight excluding hydrogens is 169 g/mol. The molecule has 0 unspecified atom stereocenters. The minimum absolute atomic E-state index is 0.0249. The number of hydrogen-bond acceptors (Lipinski definition) is 2. The predicted molar refractivity (Wildman–Crippen MR) is 38.3 cm³/mol. The lowest BCUT2D eigenvalue weighted by molar-refractivity contribution is 0.151. The molecule has 1 aromatic heterocycles. The first kappa shape index (κ1) is 8.83. The molecule has 0 saturated carbocycles. The number of rotatable bonds is 1. The van der Waals surface area contributed by atoms with Crippen LogP contribution >= 0.6 is 0 Å². The second-order valence-corrected chi connectivity index (χ2v) is 2.33. The van der Waals surface area contributed by atoms with Crippen molar-refractivity contribution < 1.29 is 13.2 Å². The third kappa shape index (κ3) is 1.49. The average molecular weight is 176 g/mol. The summed E-state index contributed by atoms with van der Waals surface area (Å²) in [5.74, 6) is -1.08. The van der Waals surface area contributed by atoms with Gasteiger partial charge in [-0.25, -0.2) is 18.2 Å². The van der Waals surface area contributed by atoms with Crippen molar-refractivity contribution in [3.05, 3.63) is 23.1 Å². The minimum atomic E-state index is -2.78. The fourth-order valence-electron chi connectivity index (χ4n) is 0.788. The molecular formula is C7H7F3N2. The first-order valence-electron chi connectivity index (χ1n) is 3.23. The van der Waals surface area contributed by atoms with E-state index in [0.717, 1.165) is 0 Å². The van der Waals surface area contributed by atoms with Gasteiger partial charge in [0.25, 0.3) is 6.43 Å². The highest BCUT2D eigenvalue weighted by molar-refractivity contribution is 5.41. The topological polar surface area (TPSA) is 38.9 Å². The van der Waals surface area contributed by atoms with E-state index in [1.165, 1.54) is 6.92 Å². The van der Waals surface area contributed by atoms with Crippen molar-refractivity contribution in [1.29, 1.82) is 0 Å². The van der Waals surface area contributed by atoms with E-state index in [2.05, 4.69) is 4.98 Å². The van der Waals surface area contributed by atoms with Gasteiger partial charge in [-0.05, 0) is 13.0 Å². The number of halogens is 3. The number of anilines is 1. The second-order valence-electron chi connectivity index (χ2n) is 2.33. The van der Waals surface area contributed by atoms with Crippen LogP contribution in [0.15, 0.2) is 6.07 Å². The van der Waals surface area contributed by atoms with E-state index in [0.29, 0.717) is 6.07 Å². The van der Waals surface area contributed by atoms with Gasteiger partial charge in [-0.3, -0.25) is 0 Å². The molecule has 0 amide bonds. The van der Waals surface area contributed by atoms with Crippen molar-refractivity contribution >= 4 is 5.82 Å². The summed E-state index contributed by atoms with van der Waals surface area (Å²) in [6.45, 7) is 1.36. The second kappa shape index (κ2) is 3.00. The van der Waals surface area contributed by atoms with Crippen LogP contribution in [0.2, 0.25) is 0 Å². The summed E-state index contributed by atoms with van der Waals surface area (Å²) in [5.41, 5.74) is 4.60. The van der Waals surface area contributed by atoms with E-state index in [1.807, 2.05) is 0 Å². The maximum absolute atomic E-state index is 12.7. The van der Waals surface area contributed by atoms with Crippen molar-refractivity contribution in [2.24, 2.45) is 0 Å². The number of nitrogens with two attached hydrogens (primary N) is 1. The van der Waals surface area contributed by atoms with Gasteiger partial charge in [-0.15, -0.1) is 0 Å². The minimum Gasteiger partial charge on any atom is -0.383 e. The summed E-state index contributed by atoms with van der Waals surface area (Å²) in [7, 11) is 0. The lowest BCUT2D eigenvalue weighted by Gasteiger charge is -2.04. The van der Waals surface area contributed by atoms with Crippen LogP contribution in [-0.2, 0) is 0 Å². The molecule has 5 heteroatoms. The number of nitrogen functional groups attached to an aromatic ring is 1. The molecule has 0 fully saturated rings. The fraction of sp³-hybridized carbons (Fsp3) is 0.286. The zero-order chi connectivity index (χ0) is 9.30. The van der Waals surface area contributed by atoms with E-state index in [4.69, 9.17) is 5.73 Å². The number of aromatic nitrogens is 1. The molecule has 0 bridgehead atoms. The molecule has 2 N–H and O–H groups in total. The highest BCUT2D eigenvalue weighted by Gasteiger charge is 2.14. The Morgan fingerprint density at radius 2 is 2.08 bits per heavy atom. The van der Waals surface area contributed by atoms with Crippen molar-refractivity contribution in [1.82, 2.24) is 4.98 Å². The molecule has 2 nitrogen and oxygen atoms in total. The smallest absolute Gasteiger partial charge is 0.267 e. The van der Waals surface area contributed by atoms with Crippen LogP contribution in [0.4, 0.5) is 19.0 Å². The van der Waals surface area contributed by atoms with E-state index in [-0.39, 0.29) is 11.5 Å². The van der Waals surface area contributed by atoms with Crippen LogP contribution in [-0.4, -0.2) is 4.98 Å². The molecule has 0 radical (unpaired) electrons. The monoisotopic (exact) mass is 176 g/mol. The van der Waals surface area contributed by atoms with Gasteiger partial charge in [0.1, 0.15) is 11.6 Å². The summed E-state index contributed by atoms with van der Waals surface area (Å²) in [6, 6.07) is 0.711. The Morgan fingerprint density at radius 1 is 1.50 bits per heavy atom. The molecule has 0 atom stereocenters. The Morgan fingerprint density at radius 3 is 2.58 bits per heavy atom. The molecule has 0 aliphatic rings. The van der Waals surface area contributed by atoms with E-state index < -0.39 is 17.8 Å². The van der Waals surface area contributed by atoms with Gasteiger partial charge in [0.2, 0.25) is 0 Å². The standard InChI is InChI=1S/C7H7F3N2/c1-3-5(8)2-4(6(9)10)7(11)12-3/h2,6H,1H3,(H2,11,12). The Bertz CT molecular complexity index is 299. The number of aryl methyl sites for hydroxylation is 1. The third-order valence-electron chi connectivity index (χ3n) is 1.45. The Labute approximate surface area is 67.2 Å². The van der Waals surface area contributed by atoms with Crippen LogP contribution in [0.5, 0.6) is 0 Å². The van der Waals surface area contributed by atoms with Crippen LogP contribution in [0.1, 0.15) is 17.7 Å². The van der Waals surface area contributed by atoms with Crippen molar-refractivity contribution in [3.63, 3.8) is 0 Å².